The van der Waals surface area contributed by atoms with E-state index in [-0.39, 0.29) is 23.8 Å². The van der Waals surface area contributed by atoms with Crippen LogP contribution >= 0.6 is 0 Å². The summed E-state index contributed by atoms with van der Waals surface area (Å²) in [6.07, 6.45) is 1.35. The molecule has 0 amide bonds. The van der Waals surface area contributed by atoms with Crippen LogP contribution in [0.5, 0.6) is 5.75 Å². The Morgan fingerprint density at radius 2 is 1.97 bits per heavy atom. The molecule has 1 aliphatic rings. The summed E-state index contributed by atoms with van der Waals surface area (Å²) in [7, 11) is -5.57. The molecule has 0 radical (unpaired) electrons. The van der Waals surface area contributed by atoms with Crippen LogP contribution in [0.1, 0.15) is 17.4 Å². The number of ether oxygens (including phenoxy) is 1. The molecule has 3 N–H and O–H groups in total. The van der Waals surface area contributed by atoms with Crippen LogP contribution in [-0.2, 0) is 16.4 Å². The molecular formula is C20H18F3N3O4S. The molecule has 1 aromatic heterocycles. The van der Waals surface area contributed by atoms with Crippen LogP contribution in [0, 0.1) is 5.92 Å². The summed E-state index contributed by atoms with van der Waals surface area (Å²) in [5.74, 6) is 0.184. The molecule has 11 heteroatoms. The highest BCUT2D eigenvalue weighted by atomic mass is 32.2. The molecule has 2 heterocycles. The predicted octanol–water partition coefficient (Wildman–Crippen LogP) is 3.62. The number of benzene rings is 2. The van der Waals surface area contributed by atoms with Gasteiger partial charge in [-0.3, -0.25) is 9.82 Å². The van der Waals surface area contributed by atoms with Gasteiger partial charge in [0.25, 0.3) is 0 Å². The van der Waals surface area contributed by atoms with Gasteiger partial charge in [-0.1, -0.05) is 30.3 Å². The summed E-state index contributed by atoms with van der Waals surface area (Å²) in [5, 5.41) is 17.5. The number of H-pyrrole nitrogens is 1. The lowest BCUT2D eigenvalue weighted by molar-refractivity contribution is -0.0429. The molecule has 2 unspecified atom stereocenters. The maximum absolute atomic E-state index is 12.8. The summed E-state index contributed by atoms with van der Waals surface area (Å²) in [5.41, 5.74) is -3.55. The first-order valence-electron chi connectivity index (χ1n) is 9.27. The summed E-state index contributed by atoms with van der Waals surface area (Å²) in [4.78, 5) is 0. The second-order valence-corrected chi connectivity index (χ2v) is 8.83. The minimum atomic E-state index is -5.57. The molecule has 0 fully saturated rings. The number of aliphatic hydroxyl groups is 1. The van der Waals surface area contributed by atoms with Crippen LogP contribution < -0.4 is 9.46 Å². The van der Waals surface area contributed by atoms with E-state index in [0.717, 1.165) is 5.69 Å². The Morgan fingerprint density at radius 3 is 2.68 bits per heavy atom. The molecule has 0 saturated heterocycles. The molecule has 2 atom stereocenters. The highest BCUT2D eigenvalue weighted by Gasteiger charge is 2.46. The normalized spacial score (nSPS) is 18.8. The Bertz CT molecular complexity index is 1180. The number of sulfonamides is 1. The molecule has 4 rings (SSSR count). The van der Waals surface area contributed by atoms with Gasteiger partial charge in [0.15, 0.2) is 0 Å². The number of nitrogens with one attached hydrogen (secondary N) is 2. The topological polar surface area (TPSA) is 104 Å². The monoisotopic (exact) mass is 453 g/mol. The van der Waals surface area contributed by atoms with Crippen molar-refractivity contribution in [1.29, 1.82) is 0 Å². The van der Waals surface area contributed by atoms with Gasteiger partial charge in [0.1, 0.15) is 5.75 Å². The second-order valence-electron chi connectivity index (χ2n) is 7.15. The number of aliphatic hydroxyl groups excluding tert-OH is 1. The van der Waals surface area contributed by atoms with Crippen LogP contribution in [0.15, 0.2) is 54.7 Å². The lowest BCUT2D eigenvalue weighted by atomic mass is 9.88. The predicted molar refractivity (Wildman–Crippen MR) is 107 cm³/mol. The van der Waals surface area contributed by atoms with E-state index < -0.39 is 21.6 Å². The first-order valence-corrected chi connectivity index (χ1v) is 10.8. The van der Waals surface area contributed by atoms with E-state index in [9.17, 15) is 26.7 Å². The summed E-state index contributed by atoms with van der Waals surface area (Å²) >= 11 is 0. The summed E-state index contributed by atoms with van der Waals surface area (Å²) in [6, 6.07) is 12.4. The van der Waals surface area contributed by atoms with Crippen molar-refractivity contribution in [3.8, 4) is 16.9 Å². The Labute approximate surface area is 175 Å². The first kappa shape index (κ1) is 21.2. The number of anilines is 1. The Morgan fingerprint density at radius 1 is 1.19 bits per heavy atom. The van der Waals surface area contributed by atoms with Crippen LogP contribution in [0.3, 0.4) is 0 Å². The summed E-state index contributed by atoms with van der Waals surface area (Å²) < 4.78 is 68.9. The zero-order valence-corrected chi connectivity index (χ0v) is 16.7. The van der Waals surface area contributed by atoms with Crippen LogP contribution in [0.25, 0.3) is 11.1 Å². The number of alkyl halides is 3. The van der Waals surface area contributed by atoms with E-state index in [1.807, 2.05) is 6.07 Å². The van der Waals surface area contributed by atoms with Gasteiger partial charge in [-0.2, -0.15) is 26.7 Å². The molecular weight excluding hydrogens is 435 g/mol. The van der Waals surface area contributed by atoms with Gasteiger partial charge in [0, 0.05) is 28.9 Å². The fraction of sp³-hybridized carbons (Fsp3) is 0.250. The van der Waals surface area contributed by atoms with Gasteiger partial charge in [-0.15, -0.1) is 0 Å². The SMILES string of the molecule is O=S(=O)(Nc1ccccc1-c1ccc2c(c1)OCC(Cc1ccn[nH]1)C2O)C(F)(F)F. The fourth-order valence-corrected chi connectivity index (χ4v) is 4.07. The van der Waals surface area contributed by atoms with Crippen molar-refractivity contribution in [2.45, 2.75) is 18.0 Å². The number of halogens is 3. The van der Waals surface area contributed by atoms with Crippen molar-refractivity contribution < 1.29 is 31.4 Å². The van der Waals surface area contributed by atoms with E-state index in [1.165, 1.54) is 18.2 Å². The largest absolute Gasteiger partial charge is 0.516 e. The Balaban J connectivity index is 1.62. The lowest BCUT2D eigenvalue weighted by Crippen LogP contribution is -2.30. The first-order chi connectivity index (χ1) is 14.7. The average molecular weight is 453 g/mol. The third-order valence-corrected chi connectivity index (χ3v) is 6.16. The van der Waals surface area contributed by atoms with Crippen LogP contribution in [0.2, 0.25) is 0 Å². The Hall–Kier alpha value is -3.05. The quantitative estimate of drug-likeness (QED) is 0.547. The maximum atomic E-state index is 12.8. The van der Waals surface area contributed by atoms with Crippen molar-refractivity contribution in [3.63, 3.8) is 0 Å². The standard InChI is InChI=1S/C20H18F3N3O4S/c21-20(22,23)31(28,29)26-17-4-2-1-3-15(17)12-5-6-16-18(10-12)30-11-13(19(16)27)9-14-7-8-24-25-14/h1-8,10,13,19,26-27H,9,11H2,(H,24,25). The van der Waals surface area contributed by atoms with E-state index in [0.29, 0.717) is 23.3 Å². The number of aromatic nitrogens is 2. The molecule has 0 aliphatic carbocycles. The van der Waals surface area contributed by atoms with E-state index in [1.54, 1.807) is 35.2 Å². The Kier molecular flexibility index (Phi) is 5.40. The molecule has 0 spiro atoms. The second kappa shape index (κ2) is 7.89. The number of aromatic amines is 1. The number of rotatable bonds is 5. The molecule has 7 nitrogen and oxygen atoms in total. The zero-order chi connectivity index (χ0) is 22.2. The molecule has 0 saturated carbocycles. The summed E-state index contributed by atoms with van der Waals surface area (Å²) in [6.45, 7) is 0.235. The van der Waals surface area contributed by atoms with Crippen molar-refractivity contribution in [1.82, 2.24) is 10.2 Å². The number of hydrogen-bond donors (Lipinski definition) is 3. The molecule has 1 aliphatic heterocycles. The van der Waals surface area contributed by atoms with Gasteiger partial charge in [0.05, 0.1) is 18.4 Å². The third kappa shape index (κ3) is 4.23. The highest BCUT2D eigenvalue weighted by molar-refractivity contribution is 7.93. The molecule has 31 heavy (non-hydrogen) atoms. The number of nitrogens with zero attached hydrogens (tertiary/aromatic N) is 1. The van der Waals surface area contributed by atoms with Crippen molar-refractivity contribution in [2.24, 2.45) is 5.92 Å². The molecule has 2 aromatic carbocycles. The van der Waals surface area contributed by atoms with Crippen LogP contribution in [-0.4, -0.2) is 35.8 Å². The lowest BCUT2D eigenvalue weighted by Gasteiger charge is -2.30. The van der Waals surface area contributed by atoms with Crippen LogP contribution in [0.4, 0.5) is 18.9 Å². The number of fused-ring (bicyclic) bond motifs is 1. The van der Waals surface area contributed by atoms with E-state index >= 15 is 0 Å². The van der Waals surface area contributed by atoms with E-state index in [4.69, 9.17) is 4.74 Å². The van der Waals surface area contributed by atoms with Gasteiger partial charge in [0.2, 0.25) is 0 Å². The number of hydrogen-bond acceptors (Lipinski definition) is 5. The van der Waals surface area contributed by atoms with Gasteiger partial charge < -0.3 is 9.84 Å². The number of para-hydroxylation sites is 1. The smallest absolute Gasteiger partial charge is 0.493 e. The molecule has 164 valence electrons. The minimum absolute atomic E-state index is 0.204. The molecule has 3 aromatic rings. The van der Waals surface area contributed by atoms with Crippen molar-refractivity contribution in [3.05, 3.63) is 66.0 Å². The van der Waals surface area contributed by atoms with Gasteiger partial charge in [-0.05, 0) is 30.2 Å². The van der Waals surface area contributed by atoms with Crippen molar-refractivity contribution in [2.75, 3.05) is 11.3 Å². The maximum Gasteiger partial charge on any atom is 0.516 e. The van der Waals surface area contributed by atoms with Gasteiger partial charge >= 0.3 is 15.5 Å². The fourth-order valence-electron chi connectivity index (χ4n) is 3.49. The molecule has 0 bridgehead atoms. The highest BCUT2D eigenvalue weighted by Crippen LogP contribution is 2.40. The average Bonchev–Trinajstić information content (AvgIpc) is 3.22. The van der Waals surface area contributed by atoms with E-state index in [2.05, 4.69) is 10.2 Å². The van der Waals surface area contributed by atoms with Crippen molar-refractivity contribution >= 4 is 15.7 Å². The minimum Gasteiger partial charge on any atom is -0.493 e. The third-order valence-electron chi connectivity index (χ3n) is 5.06. The zero-order valence-electron chi connectivity index (χ0n) is 15.9. The van der Waals surface area contributed by atoms with Gasteiger partial charge in [-0.25, -0.2) is 0 Å².